The normalized spacial score (nSPS) is 15.9. The molecule has 0 spiro atoms. The number of fused-ring (bicyclic) bond motifs is 2. The molecular weight excluding hydrogens is 419 g/mol. The van der Waals surface area contributed by atoms with Crippen LogP contribution in [-0.4, -0.2) is 52.3 Å². The van der Waals surface area contributed by atoms with Crippen LogP contribution in [0, 0.1) is 5.82 Å². The number of hydrogen-bond acceptors (Lipinski definition) is 8. The van der Waals surface area contributed by atoms with Crippen molar-refractivity contribution in [1.29, 1.82) is 0 Å². The summed E-state index contributed by atoms with van der Waals surface area (Å²) in [5.41, 5.74) is 2.39. The molecule has 32 heavy (non-hydrogen) atoms. The summed E-state index contributed by atoms with van der Waals surface area (Å²) in [6.45, 7) is 0.324. The predicted molar refractivity (Wildman–Crippen MR) is 106 cm³/mol. The van der Waals surface area contributed by atoms with Gasteiger partial charge in [-0.05, 0) is 12.1 Å². The number of nitrogens with one attached hydrogen (secondary N) is 1. The second kappa shape index (κ2) is 6.83. The number of benzene rings is 1. The van der Waals surface area contributed by atoms with E-state index in [1.807, 2.05) is 0 Å². The molecule has 4 aromatic heterocycles. The summed E-state index contributed by atoms with van der Waals surface area (Å²) >= 11 is 0. The second-order valence-electron chi connectivity index (χ2n) is 7.37. The Morgan fingerprint density at radius 2 is 2.19 bits per heavy atom. The lowest BCUT2D eigenvalue weighted by atomic mass is 10.0. The highest BCUT2D eigenvalue weighted by Gasteiger charge is 2.39. The number of amides is 1. The maximum absolute atomic E-state index is 14.2. The fourth-order valence-corrected chi connectivity index (χ4v) is 3.88. The Bertz CT molecular complexity index is 1460. The van der Waals surface area contributed by atoms with Crippen molar-refractivity contribution in [2.45, 2.75) is 12.5 Å². The van der Waals surface area contributed by atoms with Crippen LogP contribution in [0.15, 0.2) is 45.8 Å². The fourth-order valence-electron chi connectivity index (χ4n) is 3.88. The Morgan fingerprint density at radius 1 is 1.28 bits per heavy atom. The van der Waals surface area contributed by atoms with Crippen LogP contribution in [0.5, 0.6) is 0 Å². The predicted octanol–water partition coefficient (Wildman–Crippen LogP) is 2.26. The van der Waals surface area contributed by atoms with Crippen molar-refractivity contribution in [2.75, 3.05) is 6.54 Å². The number of imidazole rings is 1. The molecule has 0 aliphatic carbocycles. The standard InChI is InChI=1S/C20H15FN8O3/c1-28-8-10(7-24-28)17-26-27-19(32-17)20(30)29-6-5-12-14(23-9-22-12)15(29)18-25-13-4-2-3-11(21)16(13)31-18/h2-4,7-9,15H,5-6H2,1H3,(H,22,23)/t15-/m0/s1. The third-order valence-corrected chi connectivity index (χ3v) is 5.36. The molecule has 1 atom stereocenters. The average Bonchev–Trinajstić information content (AvgIpc) is 3.57. The van der Waals surface area contributed by atoms with Crippen LogP contribution in [0.25, 0.3) is 22.6 Å². The molecule has 1 aliphatic rings. The SMILES string of the molecule is Cn1cc(-c2nnc(C(=O)N3CCc4[nH]cnc4[C@H]3c3nc4cccc(F)c4o3)o2)cn1. The number of aryl methyl sites for hydroxylation is 1. The zero-order chi connectivity index (χ0) is 21.8. The number of carbonyl (C=O) groups is 1. The van der Waals surface area contributed by atoms with E-state index in [-0.39, 0.29) is 23.3 Å². The number of aromatic amines is 1. The van der Waals surface area contributed by atoms with Gasteiger partial charge in [-0.2, -0.15) is 5.10 Å². The number of hydrogen-bond donors (Lipinski definition) is 1. The Hall–Kier alpha value is -4.35. The third-order valence-electron chi connectivity index (χ3n) is 5.36. The minimum Gasteiger partial charge on any atom is -0.435 e. The molecule has 0 saturated carbocycles. The topological polar surface area (TPSA) is 132 Å². The summed E-state index contributed by atoms with van der Waals surface area (Å²) in [6.07, 6.45) is 5.35. The van der Waals surface area contributed by atoms with Gasteiger partial charge in [0, 0.05) is 31.9 Å². The Balaban J connectivity index is 1.41. The first kappa shape index (κ1) is 18.4. The molecule has 0 radical (unpaired) electrons. The molecule has 0 fully saturated rings. The molecule has 0 saturated heterocycles. The van der Waals surface area contributed by atoms with Gasteiger partial charge in [-0.3, -0.25) is 9.48 Å². The average molecular weight is 434 g/mol. The van der Waals surface area contributed by atoms with E-state index in [4.69, 9.17) is 8.83 Å². The highest BCUT2D eigenvalue weighted by Crippen LogP contribution is 2.36. The minimum atomic E-state index is -0.780. The van der Waals surface area contributed by atoms with Crippen LogP contribution in [0.2, 0.25) is 0 Å². The molecule has 11 nitrogen and oxygen atoms in total. The lowest BCUT2D eigenvalue weighted by Gasteiger charge is -2.31. The number of oxazole rings is 1. The Labute approximate surface area is 178 Å². The molecule has 6 rings (SSSR count). The van der Waals surface area contributed by atoms with E-state index in [0.29, 0.717) is 29.7 Å². The number of halogens is 1. The molecule has 1 amide bonds. The van der Waals surface area contributed by atoms with Crippen molar-refractivity contribution in [1.82, 2.24) is 39.8 Å². The van der Waals surface area contributed by atoms with E-state index in [0.717, 1.165) is 5.69 Å². The van der Waals surface area contributed by atoms with Crippen LogP contribution >= 0.6 is 0 Å². The molecule has 0 unspecified atom stereocenters. The van der Waals surface area contributed by atoms with Crippen LogP contribution in [0.4, 0.5) is 4.39 Å². The van der Waals surface area contributed by atoms with Crippen LogP contribution in [0.1, 0.15) is 34.0 Å². The Morgan fingerprint density at radius 3 is 3.00 bits per heavy atom. The van der Waals surface area contributed by atoms with Crippen molar-refractivity contribution in [2.24, 2.45) is 7.05 Å². The quantitative estimate of drug-likeness (QED) is 0.457. The number of rotatable bonds is 3. The lowest BCUT2D eigenvalue weighted by molar-refractivity contribution is 0.0627. The maximum atomic E-state index is 14.2. The highest BCUT2D eigenvalue weighted by atomic mass is 19.1. The van der Waals surface area contributed by atoms with Crippen molar-refractivity contribution >= 4 is 17.0 Å². The van der Waals surface area contributed by atoms with Gasteiger partial charge in [0.05, 0.1) is 23.8 Å². The largest absolute Gasteiger partial charge is 0.435 e. The van der Waals surface area contributed by atoms with Gasteiger partial charge in [0.15, 0.2) is 17.4 Å². The summed E-state index contributed by atoms with van der Waals surface area (Å²) in [6, 6.07) is 3.70. The van der Waals surface area contributed by atoms with E-state index < -0.39 is 17.8 Å². The maximum Gasteiger partial charge on any atom is 0.312 e. The third kappa shape index (κ3) is 2.80. The molecule has 1 aromatic carbocycles. The van der Waals surface area contributed by atoms with Gasteiger partial charge in [0.25, 0.3) is 5.89 Å². The van der Waals surface area contributed by atoms with Crippen LogP contribution in [-0.2, 0) is 13.5 Å². The molecule has 12 heteroatoms. The number of aromatic nitrogens is 7. The van der Waals surface area contributed by atoms with E-state index >= 15 is 0 Å². The highest BCUT2D eigenvalue weighted by molar-refractivity contribution is 5.90. The molecule has 160 valence electrons. The monoisotopic (exact) mass is 434 g/mol. The van der Waals surface area contributed by atoms with Gasteiger partial charge in [0.1, 0.15) is 5.52 Å². The molecule has 0 bridgehead atoms. The van der Waals surface area contributed by atoms with Gasteiger partial charge < -0.3 is 18.7 Å². The van der Waals surface area contributed by atoms with E-state index in [9.17, 15) is 9.18 Å². The zero-order valence-corrected chi connectivity index (χ0v) is 16.7. The first-order valence-electron chi connectivity index (χ1n) is 9.79. The smallest absolute Gasteiger partial charge is 0.312 e. The van der Waals surface area contributed by atoms with E-state index in [1.54, 1.807) is 42.6 Å². The van der Waals surface area contributed by atoms with Gasteiger partial charge >= 0.3 is 11.8 Å². The van der Waals surface area contributed by atoms with Crippen LogP contribution in [0.3, 0.4) is 0 Å². The number of para-hydroxylation sites is 1. The van der Waals surface area contributed by atoms with Crippen molar-refractivity contribution < 1.29 is 18.0 Å². The summed E-state index contributed by atoms with van der Waals surface area (Å²) in [5.74, 6) is -0.891. The number of nitrogens with zero attached hydrogens (tertiary/aromatic N) is 7. The fraction of sp³-hybridized carbons (Fsp3) is 0.200. The lowest BCUT2D eigenvalue weighted by Crippen LogP contribution is -2.41. The number of carbonyl (C=O) groups excluding carboxylic acids is 1. The Kier molecular flexibility index (Phi) is 3.93. The van der Waals surface area contributed by atoms with Gasteiger partial charge in [-0.15, -0.1) is 10.2 Å². The number of H-pyrrole nitrogens is 1. The summed E-state index contributed by atoms with van der Waals surface area (Å²) in [5, 5.41) is 12.0. The summed E-state index contributed by atoms with van der Waals surface area (Å²) < 4.78 is 27.2. The van der Waals surface area contributed by atoms with Crippen molar-refractivity contribution in [3.05, 3.63) is 65.9 Å². The van der Waals surface area contributed by atoms with E-state index in [1.165, 1.54) is 11.0 Å². The zero-order valence-electron chi connectivity index (χ0n) is 16.7. The summed E-state index contributed by atoms with van der Waals surface area (Å²) in [4.78, 5) is 26.7. The van der Waals surface area contributed by atoms with Crippen molar-refractivity contribution in [3.63, 3.8) is 0 Å². The molecule has 5 heterocycles. The van der Waals surface area contributed by atoms with Crippen LogP contribution < -0.4 is 0 Å². The van der Waals surface area contributed by atoms with Gasteiger partial charge in [-0.25, -0.2) is 14.4 Å². The second-order valence-corrected chi connectivity index (χ2v) is 7.37. The minimum absolute atomic E-state index is 0.0224. The molecule has 1 aliphatic heterocycles. The molecular formula is C20H15FN8O3. The van der Waals surface area contributed by atoms with E-state index in [2.05, 4.69) is 30.2 Å². The first-order valence-corrected chi connectivity index (χ1v) is 9.79. The van der Waals surface area contributed by atoms with Gasteiger partial charge in [0.2, 0.25) is 5.89 Å². The van der Waals surface area contributed by atoms with Crippen molar-refractivity contribution in [3.8, 4) is 11.5 Å². The molecule has 1 N–H and O–H groups in total. The molecule has 5 aromatic rings. The first-order chi connectivity index (χ1) is 15.6. The van der Waals surface area contributed by atoms with Gasteiger partial charge in [-0.1, -0.05) is 6.07 Å². The summed E-state index contributed by atoms with van der Waals surface area (Å²) in [7, 11) is 1.76.